The number of rotatable bonds is 4. The number of nitrogens with zero attached hydrogens (tertiary/aromatic N) is 1. The molecule has 1 heterocycles. The van der Waals surface area contributed by atoms with Gasteiger partial charge < -0.3 is 9.64 Å². The molecule has 1 aromatic rings. The van der Waals surface area contributed by atoms with Crippen LogP contribution in [0.15, 0.2) is 30.3 Å². The lowest BCUT2D eigenvalue weighted by Crippen LogP contribution is -2.23. The van der Waals surface area contributed by atoms with E-state index in [-0.39, 0.29) is 0 Å². The number of carbonyl (C=O) groups is 1. The van der Waals surface area contributed by atoms with Crippen molar-refractivity contribution in [3.8, 4) is 0 Å². The molecule has 0 spiro atoms. The zero-order chi connectivity index (χ0) is 11.9. The van der Waals surface area contributed by atoms with E-state index < -0.39 is 0 Å². The van der Waals surface area contributed by atoms with Gasteiger partial charge in [-0.1, -0.05) is 30.3 Å². The largest absolute Gasteiger partial charge is 0.373 e. The third-order valence-electron chi connectivity index (χ3n) is 3.19. The van der Waals surface area contributed by atoms with Gasteiger partial charge in [0.1, 0.15) is 0 Å². The molecule has 3 nitrogen and oxygen atoms in total. The number of hydrogen-bond donors (Lipinski definition) is 0. The highest BCUT2D eigenvalue weighted by Crippen LogP contribution is 2.15. The van der Waals surface area contributed by atoms with Gasteiger partial charge in [-0.15, -0.1) is 0 Å². The molecule has 1 amide bonds. The third kappa shape index (κ3) is 3.86. The minimum Gasteiger partial charge on any atom is -0.373 e. The average Bonchev–Trinajstić information content (AvgIpc) is 2.62. The van der Waals surface area contributed by atoms with Crippen molar-refractivity contribution >= 4 is 6.41 Å². The van der Waals surface area contributed by atoms with E-state index in [4.69, 9.17) is 4.74 Å². The molecule has 1 aliphatic heterocycles. The second-order valence-electron chi connectivity index (χ2n) is 4.49. The molecule has 1 unspecified atom stereocenters. The monoisotopic (exact) mass is 233 g/mol. The lowest BCUT2D eigenvalue weighted by Gasteiger charge is -2.16. The quantitative estimate of drug-likeness (QED) is 0.746. The summed E-state index contributed by atoms with van der Waals surface area (Å²) in [4.78, 5) is 12.5. The van der Waals surface area contributed by atoms with E-state index in [2.05, 4.69) is 12.1 Å². The normalized spacial score (nSPS) is 20.9. The summed E-state index contributed by atoms with van der Waals surface area (Å²) in [5.41, 5.74) is 1.21. The van der Waals surface area contributed by atoms with Gasteiger partial charge in [-0.2, -0.15) is 0 Å². The maximum absolute atomic E-state index is 10.7. The van der Waals surface area contributed by atoms with Crippen LogP contribution >= 0.6 is 0 Å². The molecule has 0 saturated carbocycles. The summed E-state index contributed by atoms with van der Waals surface area (Å²) in [6.45, 7) is 2.37. The van der Waals surface area contributed by atoms with Crippen LogP contribution in [0.2, 0.25) is 0 Å². The fourth-order valence-electron chi connectivity index (χ4n) is 2.15. The number of likely N-dealkylation sites (tertiary alicyclic amines) is 1. The van der Waals surface area contributed by atoms with E-state index >= 15 is 0 Å². The number of carbonyl (C=O) groups excluding carboxylic acids is 1. The number of benzene rings is 1. The molecule has 0 radical (unpaired) electrons. The van der Waals surface area contributed by atoms with E-state index in [0.29, 0.717) is 12.7 Å². The smallest absolute Gasteiger partial charge is 0.209 e. The van der Waals surface area contributed by atoms with Gasteiger partial charge in [-0.25, -0.2) is 0 Å². The Kier molecular flexibility index (Phi) is 4.56. The summed E-state index contributed by atoms with van der Waals surface area (Å²) in [6, 6.07) is 10.2. The predicted octanol–water partition coefficient (Wildman–Crippen LogP) is 2.21. The Morgan fingerprint density at radius 2 is 2.06 bits per heavy atom. The van der Waals surface area contributed by atoms with Crippen molar-refractivity contribution in [1.29, 1.82) is 0 Å². The third-order valence-corrected chi connectivity index (χ3v) is 3.19. The molecule has 0 aliphatic carbocycles. The van der Waals surface area contributed by atoms with Crippen LogP contribution in [0.1, 0.15) is 24.8 Å². The maximum Gasteiger partial charge on any atom is 0.209 e. The summed E-state index contributed by atoms with van der Waals surface area (Å²) < 4.78 is 5.90. The Bertz CT molecular complexity index is 339. The minimum atomic E-state index is 0.292. The van der Waals surface area contributed by atoms with Crippen LogP contribution in [0.4, 0.5) is 0 Å². The first-order chi connectivity index (χ1) is 8.38. The molecule has 0 N–H and O–H groups in total. The Morgan fingerprint density at radius 1 is 1.24 bits per heavy atom. The first kappa shape index (κ1) is 12.1. The molecular formula is C14H19NO2. The molecule has 1 aliphatic rings. The molecule has 2 rings (SSSR count). The molecule has 0 aromatic heterocycles. The molecule has 92 valence electrons. The summed E-state index contributed by atoms with van der Waals surface area (Å²) in [6.07, 6.45) is 4.28. The van der Waals surface area contributed by atoms with Crippen molar-refractivity contribution in [1.82, 2.24) is 4.90 Å². The topological polar surface area (TPSA) is 29.5 Å². The zero-order valence-corrected chi connectivity index (χ0v) is 10.0. The predicted molar refractivity (Wildman–Crippen MR) is 66.5 cm³/mol. The Morgan fingerprint density at radius 3 is 2.82 bits per heavy atom. The Balaban J connectivity index is 1.78. The van der Waals surface area contributed by atoms with Gasteiger partial charge >= 0.3 is 0 Å². The van der Waals surface area contributed by atoms with Gasteiger partial charge in [-0.05, 0) is 24.8 Å². The summed E-state index contributed by atoms with van der Waals surface area (Å²) in [5, 5.41) is 0. The van der Waals surface area contributed by atoms with Crippen LogP contribution in [0.25, 0.3) is 0 Å². The molecule has 0 bridgehead atoms. The maximum atomic E-state index is 10.7. The van der Waals surface area contributed by atoms with Gasteiger partial charge in [-0.3, -0.25) is 4.79 Å². The molecular weight excluding hydrogens is 214 g/mol. The van der Waals surface area contributed by atoms with Gasteiger partial charge in [0, 0.05) is 13.1 Å². The van der Waals surface area contributed by atoms with Crippen molar-refractivity contribution in [2.45, 2.75) is 32.0 Å². The standard InChI is InChI=1S/C14H19NO2/c16-12-15-9-4-7-14(8-10-15)17-11-13-5-2-1-3-6-13/h1-3,5-6,12,14H,4,7-11H2. The fraction of sp³-hybridized carbons (Fsp3) is 0.500. The zero-order valence-electron chi connectivity index (χ0n) is 10.0. The van der Waals surface area contributed by atoms with Crippen molar-refractivity contribution in [3.63, 3.8) is 0 Å². The van der Waals surface area contributed by atoms with E-state index in [1.54, 1.807) is 0 Å². The fourth-order valence-corrected chi connectivity index (χ4v) is 2.15. The first-order valence-corrected chi connectivity index (χ1v) is 6.23. The van der Waals surface area contributed by atoms with Crippen molar-refractivity contribution in [2.24, 2.45) is 0 Å². The van der Waals surface area contributed by atoms with E-state index in [9.17, 15) is 4.79 Å². The molecule has 3 heteroatoms. The SMILES string of the molecule is O=CN1CCCC(OCc2ccccc2)CC1. The second-order valence-corrected chi connectivity index (χ2v) is 4.49. The number of amides is 1. The van der Waals surface area contributed by atoms with Crippen LogP contribution in [0, 0.1) is 0 Å². The van der Waals surface area contributed by atoms with E-state index in [1.807, 2.05) is 23.1 Å². The van der Waals surface area contributed by atoms with Gasteiger partial charge in [0.2, 0.25) is 6.41 Å². The van der Waals surface area contributed by atoms with E-state index in [0.717, 1.165) is 38.8 Å². The lowest BCUT2D eigenvalue weighted by atomic mass is 10.1. The summed E-state index contributed by atoms with van der Waals surface area (Å²) >= 11 is 0. The highest BCUT2D eigenvalue weighted by molar-refractivity contribution is 5.46. The highest BCUT2D eigenvalue weighted by Gasteiger charge is 2.16. The van der Waals surface area contributed by atoms with Crippen molar-refractivity contribution < 1.29 is 9.53 Å². The Hall–Kier alpha value is -1.35. The lowest BCUT2D eigenvalue weighted by molar-refractivity contribution is -0.118. The summed E-state index contributed by atoms with van der Waals surface area (Å²) in [7, 11) is 0. The average molecular weight is 233 g/mol. The minimum absolute atomic E-state index is 0.292. The molecule has 17 heavy (non-hydrogen) atoms. The van der Waals surface area contributed by atoms with Crippen LogP contribution in [-0.4, -0.2) is 30.5 Å². The number of ether oxygens (including phenoxy) is 1. The van der Waals surface area contributed by atoms with Crippen LogP contribution in [0.3, 0.4) is 0 Å². The van der Waals surface area contributed by atoms with E-state index in [1.165, 1.54) is 5.56 Å². The molecule has 1 aromatic carbocycles. The van der Waals surface area contributed by atoms with Gasteiger partial charge in [0.05, 0.1) is 12.7 Å². The van der Waals surface area contributed by atoms with Crippen molar-refractivity contribution in [3.05, 3.63) is 35.9 Å². The van der Waals surface area contributed by atoms with Crippen LogP contribution < -0.4 is 0 Å². The molecule has 1 fully saturated rings. The van der Waals surface area contributed by atoms with Crippen molar-refractivity contribution in [2.75, 3.05) is 13.1 Å². The first-order valence-electron chi connectivity index (χ1n) is 6.23. The number of hydrogen-bond acceptors (Lipinski definition) is 2. The van der Waals surface area contributed by atoms with Crippen LogP contribution in [0.5, 0.6) is 0 Å². The van der Waals surface area contributed by atoms with Gasteiger partial charge in [0.15, 0.2) is 0 Å². The Labute approximate surface area is 102 Å². The second kappa shape index (κ2) is 6.40. The van der Waals surface area contributed by atoms with Gasteiger partial charge in [0.25, 0.3) is 0 Å². The summed E-state index contributed by atoms with van der Waals surface area (Å²) in [5.74, 6) is 0. The highest BCUT2D eigenvalue weighted by atomic mass is 16.5. The molecule has 1 saturated heterocycles. The van der Waals surface area contributed by atoms with Crippen LogP contribution in [-0.2, 0) is 16.1 Å². The molecule has 1 atom stereocenters.